The van der Waals surface area contributed by atoms with Crippen LogP contribution in [0.4, 0.5) is 10.1 Å². The predicted octanol–water partition coefficient (Wildman–Crippen LogP) is 1.53. The smallest absolute Gasteiger partial charge is 0.340 e. The zero-order valence-corrected chi connectivity index (χ0v) is 17.8. The first-order valence-corrected chi connectivity index (χ1v) is 11.0. The van der Waals surface area contributed by atoms with E-state index in [1.807, 2.05) is 4.57 Å². The monoisotopic (exact) mass is 419 g/mol. The number of halogens is 1. The molecule has 3 rings (SSSR count). The minimum Gasteiger partial charge on any atom is -0.340 e. The van der Waals surface area contributed by atoms with Crippen molar-refractivity contribution in [2.45, 2.75) is 43.7 Å². The first-order chi connectivity index (χ1) is 13.9. The molecular formula is C21H28FN4O2S+. The van der Waals surface area contributed by atoms with Gasteiger partial charge in [-0.2, -0.15) is 4.98 Å². The average Bonchev–Trinajstić information content (AvgIpc) is 2.69. The first kappa shape index (κ1) is 21.5. The highest BCUT2D eigenvalue weighted by Crippen LogP contribution is 2.28. The maximum atomic E-state index is 13.0. The van der Waals surface area contributed by atoms with Gasteiger partial charge in [-0.3, -0.25) is 9.36 Å². The van der Waals surface area contributed by atoms with E-state index in [9.17, 15) is 14.0 Å². The van der Waals surface area contributed by atoms with Crippen LogP contribution < -0.4 is 15.9 Å². The van der Waals surface area contributed by atoms with Gasteiger partial charge in [0.25, 0.3) is 0 Å². The number of amides is 1. The Hall–Kier alpha value is -2.19. The summed E-state index contributed by atoms with van der Waals surface area (Å²) in [6.07, 6.45) is 4.86. The molecule has 156 valence electrons. The van der Waals surface area contributed by atoms with Crippen LogP contribution in [0.1, 0.15) is 30.5 Å². The van der Waals surface area contributed by atoms with Gasteiger partial charge in [0.2, 0.25) is 5.91 Å². The van der Waals surface area contributed by atoms with Gasteiger partial charge in [0.05, 0.1) is 26.4 Å². The number of rotatable bonds is 8. The molecule has 1 aliphatic rings. The van der Waals surface area contributed by atoms with Crippen LogP contribution in [0.2, 0.25) is 0 Å². The van der Waals surface area contributed by atoms with E-state index in [0.29, 0.717) is 17.3 Å². The van der Waals surface area contributed by atoms with E-state index >= 15 is 0 Å². The van der Waals surface area contributed by atoms with Gasteiger partial charge in [0.15, 0.2) is 0 Å². The molecule has 0 aliphatic heterocycles. The Morgan fingerprint density at radius 2 is 1.97 bits per heavy atom. The normalized spacial score (nSPS) is 13.4. The third kappa shape index (κ3) is 5.90. The highest BCUT2D eigenvalue weighted by Gasteiger charge is 2.21. The summed E-state index contributed by atoms with van der Waals surface area (Å²) in [6, 6.07) is 5.65. The lowest BCUT2D eigenvalue weighted by Crippen LogP contribution is -3.05. The molecule has 0 radical (unpaired) electrons. The summed E-state index contributed by atoms with van der Waals surface area (Å²) in [4.78, 5) is 30.6. The maximum Gasteiger partial charge on any atom is 0.348 e. The molecule has 1 aliphatic carbocycles. The number of nitrogens with zero attached hydrogens (tertiary/aromatic N) is 2. The fourth-order valence-corrected chi connectivity index (χ4v) is 4.43. The van der Waals surface area contributed by atoms with Crippen molar-refractivity contribution in [3.8, 4) is 0 Å². The van der Waals surface area contributed by atoms with Crippen molar-refractivity contribution in [3.63, 3.8) is 0 Å². The minimum absolute atomic E-state index is 0.157. The van der Waals surface area contributed by atoms with Gasteiger partial charge in [-0.1, -0.05) is 11.8 Å². The van der Waals surface area contributed by atoms with Crippen LogP contribution in [0.3, 0.4) is 0 Å². The molecule has 2 aromatic rings. The van der Waals surface area contributed by atoms with Crippen molar-refractivity contribution in [1.29, 1.82) is 0 Å². The Morgan fingerprint density at radius 3 is 2.69 bits per heavy atom. The third-order valence-corrected chi connectivity index (χ3v) is 5.99. The van der Waals surface area contributed by atoms with Crippen LogP contribution >= 0.6 is 11.8 Å². The molecule has 6 nitrogen and oxygen atoms in total. The standard InChI is InChI=1S/C21H27FN4O2S/c1-25(2)12-5-13-26-18-7-4-3-6-17(18)20(24-21(26)28)29-14-19(27)23-16-10-8-15(22)9-11-16/h8-11H,3-7,12-14H2,1-2H3,(H,23,27)/p+1. The van der Waals surface area contributed by atoms with Gasteiger partial charge in [0.1, 0.15) is 10.8 Å². The minimum atomic E-state index is -0.347. The summed E-state index contributed by atoms with van der Waals surface area (Å²) in [7, 11) is 4.21. The number of benzene rings is 1. The summed E-state index contributed by atoms with van der Waals surface area (Å²) in [5.74, 6) is -0.392. The van der Waals surface area contributed by atoms with Gasteiger partial charge >= 0.3 is 5.69 Å². The van der Waals surface area contributed by atoms with Crippen LogP contribution in [-0.2, 0) is 24.2 Å². The Labute approximate surface area is 174 Å². The lowest BCUT2D eigenvalue weighted by molar-refractivity contribution is -0.858. The van der Waals surface area contributed by atoms with Crippen LogP contribution in [0.15, 0.2) is 34.1 Å². The van der Waals surface area contributed by atoms with E-state index in [0.717, 1.165) is 49.9 Å². The lowest BCUT2D eigenvalue weighted by Gasteiger charge is -2.22. The molecule has 0 saturated heterocycles. The number of carbonyl (C=O) groups is 1. The van der Waals surface area contributed by atoms with Gasteiger partial charge in [-0.25, -0.2) is 9.18 Å². The molecular weight excluding hydrogens is 391 g/mol. The van der Waals surface area contributed by atoms with E-state index in [4.69, 9.17) is 0 Å². The number of carbonyl (C=O) groups excluding carboxylic acids is 1. The van der Waals surface area contributed by atoms with Crippen LogP contribution in [0.5, 0.6) is 0 Å². The average molecular weight is 420 g/mol. The lowest BCUT2D eigenvalue weighted by atomic mass is 9.97. The third-order valence-electron chi connectivity index (χ3n) is 4.98. The van der Waals surface area contributed by atoms with Crippen LogP contribution in [-0.4, -0.2) is 41.9 Å². The second-order valence-corrected chi connectivity index (χ2v) is 8.60. The Bertz CT molecular complexity index is 912. The largest absolute Gasteiger partial charge is 0.348 e. The number of fused-ring (bicyclic) bond motifs is 1. The summed E-state index contributed by atoms with van der Waals surface area (Å²) in [5, 5.41) is 3.42. The van der Waals surface area contributed by atoms with Gasteiger partial charge in [-0.05, 0) is 49.9 Å². The summed E-state index contributed by atoms with van der Waals surface area (Å²) in [6.45, 7) is 1.69. The fraction of sp³-hybridized carbons (Fsp3) is 0.476. The zero-order valence-electron chi connectivity index (χ0n) is 17.0. The van der Waals surface area contributed by atoms with E-state index in [1.54, 1.807) is 0 Å². The van der Waals surface area contributed by atoms with Gasteiger partial charge < -0.3 is 10.2 Å². The highest BCUT2D eigenvalue weighted by atomic mass is 32.2. The van der Waals surface area contributed by atoms with Crippen molar-refractivity contribution in [2.24, 2.45) is 0 Å². The maximum absolute atomic E-state index is 13.0. The number of nitrogens with one attached hydrogen (secondary N) is 2. The molecule has 1 aromatic heterocycles. The number of hydrogen-bond donors (Lipinski definition) is 2. The molecule has 1 heterocycles. The number of thioether (sulfide) groups is 1. The molecule has 1 amide bonds. The SMILES string of the molecule is C[NH+](C)CCCn1c2c(c(SCC(=O)Nc3ccc(F)cc3)nc1=O)CCCC2. The highest BCUT2D eigenvalue weighted by molar-refractivity contribution is 8.00. The quantitative estimate of drug-likeness (QED) is 0.503. The summed E-state index contributed by atoms with van der Waals surface area (Å²) in [5.41, 5.74) is 2.53. The molecule has 0 saturated carbocycles. The van der Waals surface area contributed by atoms with Crippen molar-refractivity contribution in [3.05, 3.63) is 51.8 Å². The Kier molecular flexibility index (Phi) is 7.44. The van der Waals surface area contributed by atoms with Crippen molar-refractivity contribution >= 4 is 23.4 Å². The Balaban J connectivity index is 1.70. The molecule has 0 bridgehead atoms. The van der Waals surface area contributed by atoms with Crippen molar-refractivity contribution in [1.82, 2.24) is 9.55 Å². The second kappa shape index (κ2) is 10.0. The van der Waals surface area contributed by atoms with E-state index in [2.05, 4.69) is 24.4 Å². The zero-order chi connectivity index (χ0) is 20.8. The fourth-order valence-electron chi connectivity index (χ4n) is 3.55. The molecule has 0 unspecified atom stereocenters. The van der Waals surface area contributed by atoms with Crippen LogP contribution in [0, 0.1) is 5.82 Å². The molecule has 8 heteroatoms. The molecule has 2 N–H and O–H groups in total. The molecule has 29 heavy (non-hydrogen) atoms. The summed E-state index contributed by atoms with van der Waals surface area (Å²) >= 11 is 1.30. The molecule has 0 spiro atoms. The number of anilines is 1. The van der Waals surface area contributed by atoms with E-state index in [1.165, 1.54) is 40.9 Å². The van der Waals surface area contributed by atoms with Gasteiger partial charge in [-0.15, -0.1) is 0 Å². The first-order valence-electron chi connectivity index (χ1n) is 10.0. The van der Waals surface area contributed by atoms with Crippen LogP contribution in [0.25, 0.3) is 0 Å². The van der Waals surface area contributed by atoms with Crippen molar-refractivity contribution < 1.29 is 14.1 Å². The number of hydrogen-bond acceptors (Lipinski definition) is 4. The number of quaternary nitrogens is 1. The summed E-state index contributed by atoms with van der Waals surface area (Å²) < 4.78 is 14.8. The number of aromatic nitrogens is 2. The van der Waals surface area contributed by atoms with E-state index < -0.39 is 0 Å². The van der Waals surface area contributed by atoms with Crippen molar-refractivity contribution in [2.75, 3.05) is 31.7 Å². The van der Waals surface area contributed by atoms with E-state index in [-0.39, 0.29) is 23.2 Å². The Morgan fingerprint density at radius 1 is 1.24 bits per heavy atom. The predicted molar refractivity (Wildman–Crippen MR) is 113 cm³/mol. The molecule has 0 fully saturated rings. The molecule has 1 aromatic carbocycles. The topological polar surface area (TPSA) is 68.4 Å². The van der Waals surface area contributed by atoms with Gasteiger partial charge in [0, 0.05) is 29.9 Å². The molecule has 0 atom stereocenters. The second-order valence-electron chi connectivity index (χ2n) is 7.64.